The Bertz CT molecular complexity index is 1040. The van der Waals surface area contributed by atoms with Crippen LogP contribution in [0.15, 0.2) is 41.3 Å². The first-order valence-corrected chi connectivity index (χ1v) is 10.1. The van der Waals surface area contributed by atoms with E-state index in [-0.39, 0.29) is 18.6 Å². The zero-order valence-electron chi connectivity index (χ0n) is 16.7. The van der Waals surface area contributed by atoms with Gasteiger partial charge < -0.3 is 14.2 Å². The molecule has 3 aromatic rings. The van der Waals surface area contributed by atoms with Crippen molar-refractivity contribution in [2.24, 2.45) is 0 Å². The van der Waals surface area contributed by atoms with Crippen molar-refractivity contribution in [3.63, 3.8) is 0 Å². The van der Waals surface area contributed by atoms with E-state index >= 15 is 0 Å². The fraction of sp³-hybridized carbons (Fsp3) is 0.409. The molecular weight excluding hydrogens is 368 g/mol. The number of fused-ring (bicyclic) bond motifs is 1. The van der Waals surface area contributed by atoms with Crippen molar-refractivity contribution in [2.75, 3.05) is 4.90 Å². The Morgan fingerprint density at radius 1 is 1.28 bits per heavy atom. The minimum Gasteiger partial charge on any atom is -0.485 e. The number of benzene rings is 1. The van der Waals surface area contributed by atoms with E-state index < -0.39 is 0 Å². The van der Waals surface area contributed by atoms with E-state index in [0.717, 1.165) is 41.0 Å². The summed E-state index contributed by atoms with van der Waals surface area (Å²) in [7, 11) is 0. The van der Waals surface area contributed by atoms with Gasteiger partial charge in [-0.3, -0.25) is 9.48 Å². The van der Waals surface area contributed by atoms with Crippen LogP contribution >= 0.6 is 0 Å². The van der Waals surface area contributed by atoms with Crippen LogP contribution < -0.4 is 9.64 Å². The SMILES string of the molecule is CC(=O)N1c2ccc(-c3cnn(C4CC4)c3)c(OCc3ccno3)c2CC[C@@H]1C. The Morgan fingerprint density at radius 3 is 2.86 bits per heavy atom. The maximum Gasteiger partial charge on any atom is 0.224 e. The number of nitrogens with zero attached hydrogens (tertiary/aromatic N) is 4. The molecule has 3 heterocycles. The third kappa shape index (κ3) is 3.30. The summed E-state index contributed by atoms with van der Waals surface area (Å²) in [5.74, 6) is 1.51. The summed E-state index contributed by atoms with van der Waals surface area (Å²) in [6.07, 6.45) is 9.73. The number of aromatic nitrogens is 3. The highest BCUT2D eigenvalue weighted by Gasteiger charge is 2.30. The normalized spacial score (nSPS) is 18.6. The Kier molecular flexibility index (Phi) is 4.38. The molecule has 0 bridgehead atoms. The topological polar surface area (TPSA) is 73.4 Å². The molecule has 0 N–H and O–H groups in total. The summed E-state index contributed by atoms with van der Waals surface area (Å²) in [6, 6.07) is 6.57. The first kappa shape index (κ1) is 18.0. The lowest BCUT2D eigenvalue weighted by molar-refractivity contribution is -0.117. The molecule has 2 aromatic heterocycles. The van der Waals surface area contributed by atoms with Crippen LogP contribution in [0.3, 0.4) is 0 Å². The van der Waals surface area contributed by atoms with Crippen molar-refractivity contribution in [3.8, 4) is 16.9 Å². The molecule has 0 saturated heterocycles. The van der Waals surface area contributed by atoms with Crippen molar-refractivity contribution >= 4 is 11.6 Å². The molecule has 1 atom stereocenters. The van der Waals surface area contributed by atoms with Crippen molar-refractivity contribution < 1.29 is 14.1 Å². The van der Waals surface area contributed by atoms with E-state index in [1.54, 1.807) is 19.2 Å². The van der Waals surface area contributed by atoms with Crippen LogP contribution in [0.5, 0.6) is 5.75 Å². The number of hydrogen-bond donors (Lipinski definition) is 0. The van der Waals surface area contributed by atoms with Gasteiger partial charge >= 0.3 is 0 Å². The molecule has 29 heavy (non-hydrogen) atoms. The molecule has 0 radical (unpaired) electrons. The number of rotatable bonds is 5. The molecular formula is C22H24N4O3. The summed E-state index contributed by atoms with van der Waals surface area (Å²) in [4.78, 5) is 14.2. The number of amides is 1. The summed E-state index contributed by atoms with van der Waals surface area (Å²) in [6.45, 7) is 4.00. The largest absolute Gasteiger partial charge is 0.485 e. The van der Waals surface area contributed by atoms with Crippen LogP contribution in [-0.4, -0.2) is 26.9 Å². The molecule has 150 valence electrons. The van der Waals surface area contributed by atoms with Crippen LogP contribution in [0.4, 0.5) is 5.69 Å². The van der Waals surface area contributed by atoms with Gasteiger partial charge in [-0.25, -0.2) is 0 Å². The molecule has 0 unspecified atom stereocenters. The van der Waals surface area contributed by atoms with E-state index in [9.17, 15) is 4.79 Å². The molecule has 2 aliphatic rings. The third-order valence-electron chi connectivity index (χ3n) is 5.77. The van der Waals surface area contributed by atoms with Gasteiger partial charge in [0.15, 0.2) is 5.76 Å². The first-order chi connectivity index (χ1) is 14.1. The Morgan fingerprint density at radius 2 is 2.14 bits per heavy atom. The van der Waals surface area contributed by atoms with Gasteiger partial charge in [0.25, 0.3) is 0 Å². The second-order valence-electron chi connectivity index (χ2n) is 7.92. The highest BCUT2D eigenvalue weighted by molar-refractivity contribution is 5.95. The molecule has 1 amide bonds. The molecule has 1 aliphatic heterocycles. The van der Waals surface area contributed by atoms with Gasteiger partial charge in [0.2, 0.25) is 5.91 Å². The fourth-order valence-corrected chi connectivity index (χ4v) is 4.15. The lowest BCUT2D eigenvalue weighted by Crippen LogP contribution is -2.40. The lowest BCUT2D eigenvalue weighted by atomic mass is 9.92. The third-order valence-corrected chi connectivity index (χ3v) is 5.77. The highest BCUT2D eigenvalue weighted by atomic mass is 16.5. The Balaban J connectivity index is 1.58. The van der Waals surface area contributed by atoms with Crippen LogP contribution in [0.1, 0.15) is 50.5 Å². The van der Waals surface area contributed by atoms with Gasteiger partial charge in [-0.15, -0.1) is 0 Å². The number of carbonyl (C=O) groups excluding carboxylic acids is 1. The van der Waals surface area contributed by atoms with Crippen molar-refractivity contribution in [1.82, 2.24) is 14.9 Å². The number of hydrogen-bond acceptors (Lipinski definition) is 5. The van der Waals surface area contributed by atoms with Gasteiger partial charge in [-0.05, 0) is 44.7 Å². The van der Waals surface area contributed by atoms with E-state index in [1.807, 2.05) is 27.9 Å². The van der Waals surface area contributed by atoms with E-state index in [2.05, 4.69) is 23.4 Å². The van der Waals surface area contributed by atoms with Gasteiger partial charge in [-0.2, -0.15) is 5.10 Å². The molecule has 1 aliphatic carbocycles. The van der Waals surface area contributed by atoms with Gasteiger partial charge in [0, 0.05) is 41.9 Å². The predicted molar refractivity (Wildman–Crippen MR) is 108 cm³/mol. The fourth-order valence-electron chi connectivity index (χ4n) is 4.15. The zero-order chi connectivity index (χ0) is 20.0. The first-order valence-electron chi connectivity index (χ1n) is 10.1. The van der Waals surface area contributed by atoms with E-state index in [0.29, 0.717) is 11.8 Å². The highest BCUT2D eigenvalue weighted by Crippen LogP contribution is 2.44. The van der Waals surface area contributed by atoms with Crippen molar-refractivity contribution in [3.05, 3.63) is 48.1 Å². The summed E-state index contributed by atoms with van der Waals surface area (Å²) < 4.78 is 13.5. The Labute approximate surface area is 169 Å². The summed E-state index contributed by atoms with van der Waals surface area (Å²) in [5, 5.41) is 8.30. The predicted octanol–water partition coefficient (Wildman–Crippen LogP) is 4.14. The van der Waals surface area contributed by atoms with Crippen LogP contribution in [0, 0.1) is 0 Å². The monoisotopic (exact) mass is 392 g/mol. The van der Waals surface area contributed by atoms with Crippen LogP contribution in [0.25, 0.3) is 11.1 Å². The van der Waals surface area contributed by atoms with Gasteiger partial charge in [-0.1, -0.05) is 5.16 Å². The number of ether oxygens (including phenoxy) is 1. The van der Waals surface area contributed by atoms with Crippen molar-refractivity contribution in [2.45, 2.75) is 58.2 Å². The molecule has 0 spiro atoms. The van der Waals surface area contributed by atoms with Gasteiger partial charge in [0.05, 0.1) is 24.1 Å². The van der Waals surface area contributed by atoms with Crippen LogP contribution in [-0.2, 0) is 17.8 Å². The molecule has 7 nitrogen and oxygen atoms in total. The number of carbonyl (C=O) groups is 1. The van der Waals surface area contributed by atoms with E-state index in [1.165, 1.54) is 12.8 Å². The minimum atomic E-state index is 0.0499. The molecule has 7 heteroatoms. The second kappa shape index (κ2) is 7.06. The molecule has 1 fully saturated rings. The number of anilines is 1. The van der Waals surface area contributed by atoms with E-state index in [4.69, 9.17) is 9.26 Å². The quantitative estimate of drug-likeness (QED) is 0.652. The standard InChI is InChI=1S/C22H24N4O3/c1-14-3-6-20-21(26(14)15(2)27)8-7-19(16-11-23-25(12-16)17-4-5-17)22(20)28-13-18-9-10-24-29-18/h7-12,14,17H,3-6,13H2,1-2H3/t14-/m0/s1. The minimum absolute atomic E-state index is 0.0499. The summed E-state index contributed by atoms with van der Waals surface area (Å²) >= 11 is 0. The Hall–Kier alpha value is -3.09. The molecule has 5 rings (SSSR count). The second-order valence-corrected chi connectivity index (χ2v) is 7.92. The molecule has 1 saturated carbocycles. The molecule has 1 aromatic carbocycles. The lowest BCUT2D eigenvalue weighted by Gasteiger charge is -2.36. The smallest absolute Gasteiger partial charge is 0.224 e. The van der Waals surface area contributed by atoms with Crippen LogP contribution in [0.2, 0.25) is 0 Å². The average Bonchev–Trinajstić information content (AvgIpc) is 3.22. The average molecular weight is 392 g/mol. The maximum atomic E-state index is 12.3. The summed E-state index contributed by atoms with van der Waals surface area (Å²) in [5.41, 5.74) is 4.02. The van der Waals surface area contributed by atoms with Crippen molar-refractivity contribution in [1.29, 1.82) is 0 Å². The zero-order valence-corrected chi connectivity index (χ0v) is 16.7. The maximum absolute atomic E-state index is 12.3. The van der Waals surface area contributed by atoms with Gasteiger partial charge in [0.1, 0.15) is 12.4 Å².